The van der Waals surface area contributed by atoms with E-state index >= 15 is 0 Å². The minimum absolute atomic E-state index is 0.0162. The molecule has 0 radical (unpaired) electrons. The van der Waals surface area contributed by atoms with Crippen molar-refractivity contribution in [3.05, 3.63) is 64.1 Å². The Kier molecular flexibility index (Phi) is 5.50. The number of aromatic nitrogens is 1. The van der Waals surface area contributed by atoms with Crippen LogP contribution in [-0.2, 0) is 17.6 Å². The van der Waals surface area contributed by atoms with E-state index in [9.17, 15) is 19.1 Å². The Morgan fingerprint density at radius 2 is 1.94 bits per heavy atom. The van der Waals surface area contributed by atoms with Gasteiger partial charge in [-0.25, -0.2) is 9.18 Å². The first-order chi connectivity index (χ1) is 17.3. The second-order valence-electron chi connectivity index (χ2n) is 10.3. The van der Waals surface area contributed by atoms with Gasteiger partial charge in [0.15, 0.2) is 0 Å². The number of rotatable bonds is 5. The van der Waals surface area contributed by atoms with E-state index in [1.165, 1.54) is 11.0 Å². The molecule has 36 heavy (non-hydrogen) atoms. The van der Waals surface area contributed by atoms with Crippen molar-refractivity contribution >= 4 is 34.4 Å². The van der Waals surface area contributed by atoms with E-state index in [0.29, 0.717) is 31.4 Å². The number of amides is 3. The van der Waals surface area contributed by atoms with Crippen LogP contribution in [0, 0.1) is 5.82 Å². The largest absolute Gasteiger partial charge is 0.508 e. The van der Waals surface area contributed by atoms with Gasteiger partial charge in [0.2, 0.25) is 0 Å². The summed E-state index contributed by atoms with van der Waals surface area (Å²) in [5.74, 6) is -0.604. The van der Waals surface area contributed by atoms with Gasteiger partial charge in [-0.15, -0.1) is 0 Å². The van der Waals surface area contributed by atoms with Crippen LogP contribution in [0.2, 0.25) is 5.02 Å². The summed E-state index contributed by atoms with van der Waals surface area (Å²) in [5, 5.41) is 10.8. The summed E-state index contributed by atoms with van der Waals surface area (Å²) >= 11 is 6.13. The minimum atomic E-state index is -1.08. The fraction of sp³-hybridized carbons (Fsp3) is 0.407. The minimum Gasteiger partial charge on any atom is -0.508 e. The lowest BCUT2D eigenvalue weighted by molar-refractivity contribution is -0.133. The number of carbonyl (C=O) groups excluding carboxylic acids is 2. The van der Waals surface area contributed by atoms with E-state index in [1.54, 1.807) is 29.2 Å². The number of aromatic amines is 1. The first kappa shape index (κ1) is 23.3. The van der Waals surface area contributed by atoms with Crippen LogP contribution >= 0.6 is 11.6 Å². The Labute approximate surface area is 213 Å². The van der Waals surface area contributed by atoms with E-state index in [0.717, 1.165) is 48.1 Å². The SMILES string of the molecule is C[C@@]12Cc3c([nH]c4cc(F)c(Cl)cc34)C(Cc3cccc(O)c3)N1C(=O)N(CCN1CCCC1)C2=O. The Balaban J connectivity index is 1.44. The van der Waals surface area contributed by atoms with Crippen molar-refractivity contribution < 1.29 is 19.1 Å². The fourth-order valence-corrected chi connectivity index (χ4v) is 6.38. The van der Waals surface area contributed by atoms with E-state index in [4.69, 9.17) is 11.6 Å². The third kappa shape index (κ3) is 3.58. The maximum atomic E-state index is 14.3. The predicted molar refractivity (Wildman–Crippen MR) is 135 cm³/mol. The van der Waals surface area contributed by atoms with Gasteiger partial charge in [-0.3, -0.25) is 9.69 Å². The van der Waals surface area contributed by atoms with Crippen LogP contribution < -0.4 is 0 Å². The molecule has 0 bridgehead atoms. The molecule has 6 rings (SSSR count). The molecule has 188 valence electrons. The summed E-state index contributed by atoms with van der Waals surface area (Å²) in [7, 11) is 0. The lowest BCUT2D eigenvalue weighted by atomic mass is 9.81. The van der Waals surface area contributed by atoms with Crippen LogP contribution in [0.3, 0.4) is 0 Å². The monoisotopic (exact) mass is 510 g/mol. The maximum absolute atomic E-state index is 14.3. The van der Waals surface area contributed by atoms with Crippen LogP contribution in [-0.4, -0.2) is 68.4 Å². The summed E-state index contributed by atoms with van der Waals surface area (Å²) in [6, 6.07) is 9.06. The smallest absolute Gasteiger partial charge is 0.328 e. The molecule has 3 aliphatic heterocycles. The maximum Gasteiger partial charge on any atom is 0.328 e. The van der Waals surface area contributed by atoms with E-state index in [-0.39, 0.29) is 22.7 Å². The van der Waals surface area contributed by atoms with Gasteiger partial charge in [0.1, 0.15) is 17.1 Å². The summed E-state index contributed by atoms with van der Waals surface area (Å²) in [5.41, 5.74) is 1.98. The highest BCUT2D eigenvalue weighted by Crippen LogP contribution is 2.48. The molecule has 1 unspecified atom stereocenters. The lowest BCUT2D eigenvalue weighted by Gasteiger charge is -2.42. The molecule has 9 heteroatoms. The molecule has 2 saturated heterocycles. The molecule has 2 atom stereocenters. The number of phenolic OH excluding ortho intramolecular Hbond substituents is 1. The van der Waals surface area contributed by atoms with Crippen molar-refractivity contribution in [1.82, 2.24) is 19.7 Å². The Morgan fingerprint density at radius 3 is 2.69 bits per heavy atom. The second-order valence-corrected chi connectivity index (χ2v) is 10.7. The number of fused-ring (bicyclic) bond motifs is 4. The molecule has 3 aromatic rings. The molecule has 3 aliphatic rings. The molecule has 7 nitrogen and oxygen atoms in total. The van der Waals surface area contributed by atoms with Gasteiger partial charge in [0, 0.05) is 36.1 Å². The zero-order chi connectivity index (χ0) is 25.2. The number of H-pyrrole nitrogens is 1. The Hall–Kier alpha value is -3.10. The van der Waals surface area contributed by atoms with Crippen molar-refractivity contribution in [2.75, 3.05) is 26.2 Å². The molecule has 2 fully saturated rings. The quantitative estimate of drug-likeness (QED) is 0.491. The number of phenols is 1. The number of carbonyl (C=O) groups is 2. The Bertz CT molecular complexity index is 1380. The number of nitrogens with one attached hydrogen (secondary N) is 1. The average Bonchev–Trinajstić information content (AvgIpc) is 3.51. The van der Waals surface area contributed by atoms with Crippen molar-refractivity contribution in [2.24, 2.45) is 0 Å². The number of nitrogens with zero attached hydrogens (tertiary/aromatic N) is 3. The molecule has 2 N–H and O–H groups in total. The molecule has 3 amide bonds. The standard InChI is InChI=1S/C27H28ClFN4O3/c1-27-15-19-18-13-20(28)21(29)14-22(18)30-24(19)23(12-16-5-4-6-17(34)11-16)33(27)26(36)32(25(27)35)10-9-31-7-2-3-8-31/h4-6,11,13-14,23,30,34H,2-3,7-10,12,15H2,1H3/t23?,27-/m0/s1. The van der Waals surface area contributed by atoms with Crippen LogP contribution in [0.15, 0.2) is 36.4 Å². The normalized spacial score (nSPS) is 24.1. The van der Waals surface area contributed by atoms with Gasteiger partial charge in [0.05, 0.1) is 11.1 Å². The van der Waals surface area contributed by atoms with Crippen LogP contribution in [0.5, 0.6) is 5.75 Å². The first-order valence-corrected chi connectivity index (χ1v) is 12.8. The molecular weight excluding hydrogens is 483 g/mol. The van der Waals surface area contributed by atoms with E-state index in [1.807, 2.05) is 13.0 Å². The zero-order valence-electron chi connectivity index (χ0n) is 20.1. The summed E-state index contributed by atoms with van der Waals surface area (Å²) < 4.78 is 14.3. The van der Waals surface area contributed by atoms with Crippen molar-refractivity contribution in [3.63, 3.8) is 0 Å². The summed E-state index contributed by atoms with van der Waals surface area (Å²) in [6.45, 7) is 4.83. The highest BCUT2D eigenvalue weighted by Gasteiger charge is 2.59. The van der Waals surface area contributed by atoms with Crippen LogP contribution in [0.25, 0.3) is 10.9 Å². The van der Waals surface area contributed by atoms with Crippen molar-refractivity contribution in [2.45, 2.75) is 44.2 Å². The van der Waals surface area contributed by atoms with Gasteiger partial charge in [-0.1, -0.05) is 23.7 Å². The Morgan fingerprint density at radius 1 is 1.17 bits per heavy atom. The highest BCUT2D eigenvalue weighted by atomic mass is 35.5. The third-order valence-electron chi connectivity index (χ3n) is 8.00. The molecule has 0 aliphatic carbocycles. The van der Waals surface area contributed by atoms with Gasteiger partial charge in [0.25, 0.3) is 5.91 Å². The number of benzene rings is 2. The van der Waals surface area contributed by atoms with Gasteiger partial charge < -0.3 is 19.9 Å². The van der Waals surface area contributed by atoms with Crippen LogP contribution in [0.1, 0.15) is 42.6 Å². The summed E-state index contributed by atoms with van der Waals surface area (Å²) in [6.07, 6.45) is 2.98. The van der Waals surface area contributed by atoms with Crippen molar-refractivity contribution in [3.8, 4) is 5.75 Å². The van der Waals surface area contributed by atoms with Gasteiger partial charge in [-0.05, 0) is 74.7 Å². The average molecular weight is 511 g/mol. The molecule has 1 aromatic heterocycles. The van der Waals surface area contributed by atoms with Gasteiger partial charge >= 0.3 is 6.03 Å². The lowest BCUT2D eigenvalue weighted by Crippen LogP contribution is -2.53. The van der Waals surface area contributed by atoms with Crippen LogP contribution in [0.4, 0.5) is 9.18 Å². The first-order valence-electron chi connectivity index (χ1n) is 12.4. The number of halogens is 2. The summed E-state index contributed by atoms with van der Waals surface area (Å²) in [4.78, 5) is 36.4. The number of urea groups is 1. The molecule has 0 spiro atoms. The number of likely N-dealkylation sites (tertiary alicyclic amines) is 1. The molecule has 2 aromatic carbocycles. The highest BCUT2D eigenvalue weighted by molar-refractivity contribution is 6.31. The molecular formula is C27H28ClFN4O3. The number of imide groups is 1. The zero-order valence-corrected chi connectivity index (χ0v) is 20.8. The van der Waals surface area contributed by atoms with E-state index < -0.39 is 17.4 Å². The fourth-order valence-electron chi connectivity index (χ4n) is 6.22. The third-order valence-corrected chi connectivity index (χ3v) is 8.29. The molecule has 0 saturated carbocycles. The topological polar surface area (TPSA) is 79.9 Å². The number of hydrogen-bond donors (Lipinski definition) is 2. The van der Waals surface area contributed by atoms with Crippen molar-refractivity contribution in [1.29, 1.82) is 0 Å². The van der Waals surface area contributed by atoms with Gasteiger partial charge in [-0.2, -0.15) is 0 Å². The molecule has 4 heterocycles. The second kappa shape index (κ2) is 8.49. The van der Waals surface area contributed by atoms with E-state index in [2.05, 4.69) is 9.88 Å². The number of hydrogen-bond acceptors (Lipinski definition) is 4. The number of aromatic hydroxyl groups is 1. The predicted octanol–water partition coefficient (Wildman–Crippen LogP) is 4.62.